The van der Waals surface area contributed by atoms with E-state index in [9.17, 15) is 4.79 Å². The SMILES string of the molecule is CCOc1cc(OCC)cc(-c2cc(C(=O)OC)nn2Cc2ccccc2OCC)c1. The second kappa shape index (κ2) is 10.5. The van der Waals surface area contributed by atoms with E-state index in [-0.39, 0.29) is 5.69 Å². The molecular formula is C24H28N2O5. The zero-order valence-electron chi connectivity index (χ0n) is 18.4. The molecule has 1 aromatic heterocycles. The summed E-state index contributed by atoms with van der Waals surface area (Å²) in [5.74, 6) is 1.66. The van der Waals surface area contributed by atoms with Gasteiger partial charge in [-0.15, -0.1) is 0 Å². The van der Waals surface area contributed by atoms with E-state index < -0.39 is 5.97 Å². The Balaban J connectivity index is 2.10. The number of rotatable bonds is 10. The van der Waals surface area contributed by atoms with Crippen LogP contribution in [-0.2, 0) is 11.3 Å². The highest BCUT2D eigenvalue weighted by Gasteiger charge is 2.18. The van der Waals surface area contributed by atoms with Gasteiger partial charge in [-0.3, -0.25) is 4.68 Å². The minimum absolute atomic E-state index is 0.228. The summed E-state index contributed by atoms with van der Waals surface area (Å²) in [5, 5.41) is 4.51. The zero-order chi connectivity index (χ0) is 22.2. The van der Waals surface area contributed by atoms with Crippen LogP contribution in [0.25, 0.3) is 11.3 Å². The van der Waals surface area contributed by atoms with Crippen LogP contribution in [0.3, 0.4) is 0 Å². The molecule has 0 unspecified atom stereocenters. The first-order chi connectivity index (χ1) is 15.1. The Morgan fingerprint density at radius 3 is 2.16 bits per heavy atom. The number of esters is 1. The van der Waals surface area contributed by atoms with E-state index in [1.807, 2.05) is 63.2 Å². The summed E-state index contributed by atoms with van der Waals surface area (Å²) < 4.78 is 23.9. The van der Waals surface area contributed by atoms with Gasteiger partial charge in [0, 0.05) is 17.2 Å². The van der Waals surface area contributed by atoms with Gasteiger partial charge in [0.15, 0.2) is 5.69 Å². The Kier molecular flexibility index (Phi) is 7.54. The van der Waals surface area contributed by atoms with Crippen molar-refractivity contribution in [3.8, 4) is 28.5 Å². The Morgan fingerprint density at radius 2 is 1.55 bits per heavy atom. The van der Waals surface area contributed by atoms with Gasteiger partial charge in [-0.05, 0) is 45.0 Å². The van der Waals surface area contributed by atoms with Crippen molar-refractivity contribution >= 4 is 5.97 Å². The van der Waals surface area contributed by atoms with Gasteiger partial charge in [0.25, 0.3) is 0 Å². The summed E-state index contributed by atoms with van der Waals surface area (Å²) >= 11 is 0. The van der Waals surface area contributed by atoms with Gasteiger partial charge in [0.2, 0.25) is 0 Å². The fourth-order valence-electron chi connectivity index (χ4n) is 3.29. The number of methoxy groups -OCH3 is 1. The molecule has 164 valence electrons. The molecule has 3 aromatic rings. The van der Waals surface area contributed by atoms with Crippen molar-refractivity contribution < 1.29 is 23.7 Å². The van der Waals surface area contributed by atoms with Crippen molar-refractivity contribution in [3.63, 3.8) is 0 Å². The second-order valence-electron chi connectivity index (χ2n) is 6.66. The lowest BCUT2D eigenvalue weighted by molar-refractivity contribution is 0.0593. The summed E-state index contributed by atoms with van der Waals surface area (Å²) in [6.07, 6.45) is 0. The highest BCUT2D eigenvalue weighted by atomic mass is 16.5. The predicted octanol–water partition coefficient (Wildman–Crippen LogP) is 4.58. The number of hydrogen-bond donors (Lipinski definition) is 0. The maximum atomic E-state index is 12.2. The van der Waals surface area contributed by atoms with E-state index in [0.717, 1.165) is 22.6 Å². The van der Waals surface area contributed by atoms with Crippen LogP contribution in [-0.4, -0.2) is 42.7 Å². The van der Waals surface area contributed by atoms with Gasteiger partial charge in [0.05, 0.1) is 39.2 Å². The molecule has 0 saturated heterocycles. The van der Waals surface area contributed by atoms with E-state index in [2.05, 4.69) is 5.10 Å². The van der Waals surface area contributed by atoms with Crippen LogP contribution in [0.1, 0.15) is 36.8 Å². The first-order valence-corrected chi connectivity index (χ1v) is 10.4. The molecule has 0 spiro atoms. The number of hydrogen-bond acceptors (Lipinski definition) is 6. The molecule has 7 heteroatoms. The zero-order valence-corrected chi connectivity index (χ0v) is 18.4. The Bertz CT molecular complexity index is 1000. The summed E-state index contributed by atoms with van der Waals surface area (Å²) in [6.45, 7) is 7.84. The van der Waals surface area contributed by atoms with Crippen LogP contribution in [0.5, 0.6) is 17.2 Å². The number of ether oxygens (including phenoxy) is 4. The number of carbonyl (C=O) groups is 1. The molecule has 7 nitrogen and oxygen atoms in total. The van der Waals surface area contributed by atoms with E-state index in [4.69, 9.17) is 18.9 Å². The van der Waals surface area contributed by atoms with Gasteiger partial charge in [-0.2, -0.15) is 5.10 Å². The van der Waals surface area contributed by atoms with Gasteiger partial charge < -0.3 is 18.9 Å². The predicted molar refractivity (Wildman–Crippen MR) is 118 cm³/mol. The van der Waals surface area contributed by atoms with E-state index in [0.29, 0.717) is 37.9 Å². The highest BCUT2D eigenvalue weighted by molar-refractivity contribution is 5.88. The third-order valence-electron chi connectivity index (χ3n) is 4.56. The Hall–Kier alpha value is -3.48. The van der Waals surface area contributed by atoms with E-state index in [1.165, 1.54) is 7.11 Å². The minimum atomic E-state index is -0.496. The monoisotopic (exact) mass is 424 g/mol. The lowest BCUT2D eigenvalue weighted by Crippen LogP contribution is -2.08. The van der Waals surface area contributed by atoms with Crippen molar-refractivity contribution in [1.29, 1.82) is 0 Å². The Labute approximate surface area is 182 Å². The third kappa shape index (κ3) is 5.36. The second-order valence-corrected chi connectivity index (χ2v) is 6.66. The third-order valence-corrected chi connectivity index (χ3v) is 4.56. The Morgan fingerprint density at radius 1 is 0.903 bits per heavy atom. The molecule has 0 saturated carbocycles. The molecule has 2 aromatic carbocycles. The van der Waals surface area contributed by atoms with Crippen molar-refractivity contribution in [3.05, 3.63) is 59.8 Å². The molecule has 0 aliphatic rings. The van der Waals surface area contributed by atoms with Crippen LogP contribution in [0, 0.1) is 0 Å². The van der Waals surface area contributed by atoms with Crippen molar-refractivity contribution in [2.24, 2.45) is 0 Å². The number of aromatic nitrogens is 2. The van der Waals surface area contributed by atoms with Gasteiger partial charge in [0.1, 0.15) is 17.2 Å². The van der Waals surface area contributed by atoms with Gasteiger partial charge in [-0.25, -0.2) is 4.79 Å². The standard InChI is InChI=1S/C24H28N2O5/c1-5-29-19-12-18(13-20(14-19)30-6-2)22-15-21(24(27)28-4)25-26(22)16-17-10-8-9-11-23(17)31-7-3/h8-15H,5-7,16H2,1-4H3. The molecule has 0 aliphatic heterocycles. The van der Waals surface area contributed by atoms with Crippen LogP contribution < -0.4 is 14.2 Å². The quantitative estimate of drug-likeness (QED) is 0.444. The maximum absolute atomic E-state index is 12.2. The normalized spacial score (nSPS) is 10.6. The minimum Gasteiger partial charge on any atom is -0.494 e. The molecular weight excluding hydrogens is 396 g/mol. The lowest BCUT2D eigenvalue weighted by atomic mass is 10.1. The maximum Gasteiger partial charge on any atom is 0.358 e. The van der Waals surface area contributed by atoms with Crippen molar-refractivity contribution in [2.45, 2.75) is 27.3 Å². The average molecular weight is 424 g/mol. The molecule has 0 N–H and O–H groups in total. The number of nitrogens with zero attached hydrogens (tertiary/aromatic N) is 2. The lowest BCUT2D eigenvalue weighted by Gasteiger charge is -2.14. The molecule has 0 bridgehead atoms. The molecule has 1 heterocycles. The summed E-state index contributed by atoms with van der Waals surface area (Å²) in [5.41, 5.74) is 2.75. The summed E-state index contributed by atoms with van der Waals surface area (Å²) in [7, 11) is 1.34. The topological polar surface area (TPSA) is 71.8 Å². The van der Waals surface area contributed by atoms with Crippen LogP contribution >= 0.6 is 0 Å². The summed E-state index contributed by atoms with van der Waals surface area (Å²) in [6, 6.07) is 15.2. The molecule has 0 amide bonds. The van der Waals surface area contributed by atoms with Crippen molar-refractivity contribution in [1.82, 2.24) is 9.78 Å². The van der Waals surface area contributed by atoms with Gasteiger partial charge in [-0.1, -0.05) is 18.2 Å². The summed E-state index contributed by atoms with van der Waals surface area (Å²) in [4.78, 5) is 12.2. The molecule has 0 aliphatic carbocycles. The van der Waals surface area contributed by atoms with E-state index in [1.54, 1.807) is 10.7 Å². The first kappa shape index (κ1) is 22.2. The molecule has 0 fully saturated rings. The molecule has 31 heavy (non-hydrogen) atoms. The molecule has 0 radical (unpaired) electrons. The molecule has 3 rings (SSSR count). The largest absolute Gasteiger partial charge is 0.494 e. The molecule has 0 atom stereocenters. The average Bonchev–Trinajstić information content (AvgIpc) is 3.19. The smallest absolute Gasteiger partial charge is 0.358 e. The first-order valence-electron chi connectivity index (χ1n) is 10.4. The number of benzene rings is 2. The highest BCUT2D eigenvalue weighted by Crippen LogP contribution is 2.32. The van der Waals surface area contributed by atoms with Crippen LogP contribution in [0.2, 0.25) is 0 Å². The van der Waals surface area contributed by atoms with Crippen LogP contribution in [0.15, 0.2) is 48.5 Å². The fraction of sp³-hybridized carbons (Fsp3) is 0.333. The van der Waals surface area contributed by atoms with E-state index >= 15 is 0 Å². The van der Waals surface area contributed by atoms with Crippen molar-refractivity contribution in [2.75, 3.05) is 26.9 Å². The number of para-hydroxylation sites is 1. The van der Waals surface area contributed by atoms with Gasteiger partial charge >= 0.3 is 5.97 Å². The fourth-order valence-corrected chi connectivity index (χ4v) is 3.29. The number of carbonyl (C=O) groups excluding carboxylic acids is 1. The van der Waals surface area contributed by atoms with Crippen LogP contribution in [0.4, 0.5) is 0 Å².